The van der Waals surface area contributed by atoms with Gasteiger partial charge in [0.1, 0.15) is 0 Å². The summed E-state index contributed by atoms with van der Waals surface area (Å²) < 4.78 is 2.42. The Morgan fingerprint density at radius 3 is 1.69 bits per heavy atom. The third-order valence-electron chi connectivity index (χ3n) is 5.66. The Balaban J connectivity index is 1.91. The number of aryl methyl sites for hydroxylation is 3. The van der Waals surface area contributed by atoms with Gasteiger partial charge in [0.05, 0.1) is 17.8 Å². The summed E-state index contributed by atoms with van der Waals surface area (Å²) in [4.78, 5) is 26.8. The Morgan fingerprint density at radius 1 is 0.688 bits per heavy atom. The fourth-order valence-electron chi connectivity index (χ4n) is 3.70. The van der Waals surface area contributed by atoms with Gasteiger partial charge in [-0.1, -0.05) is 77.4 Å². The molecule has 32 heavy (non-hydrogen) atoms. The predicted molar refractivity (Wildman–Crippen MR) is 127 cm³/mol. The van der Waals surface area contributed by atoms with Crippen LogP contribution in [0.1, 0.15) is 33.4 Å². The zero-order valence-electron chi connectivity index (χ0n) is 18.5. The Labute approximate surface area is 186 Å². The summed E-state index contributed by atoms with van der Waals surface area (Å²) >= 11 is 0. The number of hydrogen-bond donors (Lipinski definition) is 1. The van der Waals surface area contributed by atoms with E-state index in [2.05, 4.69) is 0 Å². The molecule has 4 aromatic rings. The Hall–Kier alpha value is -3.86. The molecule has 5 nitrogen and oxygen atoms in total. The minimum Gasteiger partial charge on any atom is -0.494 e. The normalized spacial score (nSPS) is 11.0. The second kappa shape index (κ2) is 8.71. The summed E-state index contributed by atoms with van der Waals surface area (Å²) in [7, 11) is 0. The number of hydrogen-bond acceptors (Lipinski definition) is 3. The van der Waals surface area contributed by atoms with Crippen LogP contribution in [0.3, 0.4) is 0 Å². The SMILES string of the molecule is Cc1ccc(Cc2c(O)n(Cc3ccc(C)cc3)c(=O)n(-c3ccc(C)cc3)c2=O)cc1. The van der Waals surface area contributed by atoms with Gasteiger partial charge in [-0.2, -0.15) is 0 Å². The molecule has 162 valence electrons. The molecule has 0 saturated heterocycles. The zero-order valence-corrected chi connectivity index (χ0v) is 18.5. The third-order valence-corrected chi connectivity index (χ3v) is 5.66. The van der Waals surface area contributed by atoms with Crippen molar-refractivity contribution in [2.75, 3.05) is 0 Å². The van der Waals surface area contributed by atoms with Crippen molar-refractivity contribution in [3.63, 3.8) is 0 Å². The van der Waals surface area contributed by atoms with Gasteiger partial charge in [-0.05, 0) is 44.0 Å². The van der Waals surface area contributed by atoms with Crippen molar-refractivity contribution in [3.8, 4) is 11.6 Å². The van der Waals surface area contributed by atoms with Gasteiger partial charge in [-0.3, -0.25) is 9.36 Å². The van der Waals surface area contributed by atoms with Crippen molar-refractivity contribution in [2.24, 2.45) is 0 Å². The summed E-state index contributed by atoms with van der Waals surface area (Å²) in [6.45, 7) is 6.10. The van der Waals surface area contributed by atoms with Crippen molar-refractivity contribution in [1.29, 1.82) is 0 Å². The lowest BCUT2D eigenvalue weighted by Gasteiger charge is -2.16. The Morgan fingerprint density at radius 2 is 1.16 bits per heavy atom. The standard InChI is InChI=1S/C27H26N2O3/c1-18-4-10-21(11-5-18)16-24-25(30)28(17-22-12-6-19(2)7-13-22)27(32)29(26(24)31)23-14-8-20(3)9-15-23/h4-15,30H,16-17H2,1-3H3. The van der Waals surface area contributed by atoms with Gasteiger partial charge in [-0.15, -0.1) is 0 Å². The van der Waals surface area contributed by atoms with Gasteiger partial charge in [0.15, 0.2) is 0 Å². The monoisotopic (exact) mass is 426 g/mol. The third kappa shape index (κ3) is 4.28. The van der Waals surface area contributed by atoms with Gasteiger partial charge in [0, 0.05) is 6.42 Å². The van der Waals surface area contributed by atoms with Gasteiger partial charge in [-0.25, -0.2) is 9.36 Å². The first kappa shape index (κ1) is 21.4. The minimum atomic E-state index is -0.565. The highest BCUT2D eigenvalue weighted by atomic mass is 16.3. The minimum absolute atomic E-state index is 0.165. The van der Waals surface area contributed by atoms with E-state index in [9.17, 15) is 14.7 Å². The molecular formula is C27H26N2O3. The summed E-state index contributed by atoms with van der Waals surface area (Å²) in [6, 6.07) is 22.8. The van der Waals surface area contributed by atoms with Gasteiger partial charge in [0.25, 0.3) is 5.56 Å². The first-order valence-corrected chi connectivity index (χ1v) is 10.6. The maximum Gasteiger partial charge on any atom is 0.338 e. The van der Waals surface area contributed by atoms with Crippen molar-refractivity contribution in [2.45, 2.75) is 33.7 Å². The van der Waals surface area contributed by atoms with Gasteiger partial charge in [0.2, 0.25) is 5.88 Å². The highest BCUT2D eigenvalue weighted by Crippen LogP contribution is 2.19. The second-order valence-corrected chi connectivity index (χ2v) is 8.29. The summed E-state index contributed by atoms with van der Waals surface area (Å²) in [5.74, 6) is -0.287. The molecule has 0 aliphatic carbocycles. The number of nitrogens with zero attached hydrogens (tertiary/aromatic N) is 2. The van der Waals surface area contributed by atoms with E-state index in [1.807, 2.05) is 81.4 Å². The van der Waals surface area contributed by atoms with Crippen LogP contribution in [0.25, 0.3) is 5.69 Å². The molecule has 1 aromatic heterocycles. The zero-order chi connectivity index (χ0) is 22.8. The number of aromatic nitrogens is 2. The molecule has 4 rings (SSSR count). The van der Waals surface area contributed by atoms with Crippen LogP contribution in [0.5, 0.6) is 5.88 Å². The molecule has 0 atom stereocenters. The van der Waals surface area contributed by atoms with Crippen LogP contribution in [0, 0.1) is 20.8 Å². The molecule has 1 N–H and O–H groups in total. The van der Waals surface area contributed by atoms with Gasteiger partial charge >= 0.3 is 5.69 Å². The molecule has 0 radical (unpaired) electrons. The van der Waals surface area contributed by atoms with Crippen molar-refractivity contribution in [1.82, 2.24) is 9.13 Å². The van der Waals surface area contributed by atoms with E-state index >= 15 is 0 Å². The predicted octanol–water partition coefficient (Wildman–Crippen LogP) is 4.27. The van der Waals surface area contributed by atoms with E-state index in [-0.39, 0.29) is 24.4 Å². The van der Waals surface area contributed by atoms with E-state index < -0.39 is 11.2 Å². The van der Waals surface area contributed by atoms with E-state index in [1.54, 1.807) is 12.1 Å². The number of benzene rings is 3. The smallest absolute Gasteiger partial charge is 0.338 e. The Bertz CT molecular complexity index is 1280. The first-order chi connectivity index (χ1) is 15.3. The molecule has 0 amide bonds. The molecule has 0 fully saturated rings. The molecule has 0 aliphatic heterocycles. The first-order valence-electron chi connectivity index (χ1n) is 10.6. The van der Waals surface area contributed by atoms with E-state index in [4.69, 9.17) is 0 Å². The molecule has 0 unspecified atom stereocenters. The molecule has 5 heteroatoms. The van der Waals surface area contributed by atoms with Crippen LogP contribution in [0.15, 0.2) is 82.4 Å². The maximum absolute atomic E-state index is 13.4. The molecular weight excluding hydrogens is 400 g/mol. The lowest BCUT2D eigenvalue weighted by Crippen LogP contribution is -2.40. The Kier molecular flexibility index (Phi) is 5.82. The van der Waals surface area contributed by atoms with E-state index in [1.165, 1.54) is 4.57 Å². The number of aromatic hydroxyl groups is 1. The lowest BCUT2D eigenvalue weighted by atomic mass is 10.0. The van der Waals surface area contributed by atoms with E-state index in [0.717, 1.165) is 32.4 Å². The van der Waals surface area contributed by atoms with Crippen molar-refractivity contribution in [3.05, 3.63) is 127 Å². The molecule has 0 aliphatic rings. The van der Waals surface area contributed by atoms with Crippen LogP contribution in [0.4, 0.5) is 0 Å². The van der Waals surface area contributed by atoms with Crippen LogP contribution < -0.4 is 11.2 Å². The van der Waals surface area contributed by atoms with Crippen LogP contribution >= 0.6 is 0 Å². The maximum atomic E-state index is 13.4. The summed E-state index contributed by atoms with van der Waals surface area (Å²) in [6.07, 6.45) is 0.227. The lowest BCUT2D eigenvalue weighted by molar-refractivity contribution is 0.398. The van der Waals surface area contributed by atoms with Crippen LogP contribution in [-0.2, 0) is 13.0 Å². The average molecular weight is 427 g/mol. The van der Waals surface area contributed by atoms with E-state index in [0.29, 0.717) is 5.69 Å². The quantitative estimate of drug-likeness (QED) is 0.518. The second-order valence-electron chi connectivity index (χ2n) is 8.29. The van der Waals surface area contributed by atoms with Crippen molar-refractivity contribution < 1.29 is 5.11 Å². The van der Waals surface area contributed by atoms with Crippen molar-refractivity contribution >= 4 is 0 Å². The highest BCUT2D eigenvalue weighted by Gasteiger charge is 2.20. The summed E-state index contributed by atoms with van der Waals surface area (Å²) in [5.41, 5.74) is 4.61. The molecule has 0 spiro atoms. The molecule has 0 saturated carbocycles. The highest BCUT2D eigenvalue weighted by molar-refractivity contribution is 5.39. The van der Waals surface area contributed by atoms with Crippen LogP contribution in [0.2, 0.25) is 0 Å². The fourth-order valence-corrected chi connectivity index (χ4v) is 3.70. The number of rotatable bonds is 5. The fraction of sp³-hybridized carbons (Fsp3) is 0.185. The largest absolute Gasteiger partial charge is 0.494 e. The van der Waals surface area contributed by atoms with Gasteiger partial charge < -0.3 is 5.11 Å². The summed E-state index contributed by atoms with van der Waals surface area (Å²) in [5, 5.41) is 11.0. The topological polar surface area (TPSA) is 64.2 Å². The molecule has 3 aromatic carbocycles. The molecule has 0 bridgehead atoms. The average Bonchev–Trinajstić information content (AvgIpc) is 2.78. The molecule has 1 heterocycles. The van der Waals surface area contributed by atoms with Crippen LogP contribution in [-0.4, -0.2) is 14.2 Å².